The minimum absolute atomic E-state index is 0.0229. The number of fused-ring (bicyclic) bond motifs is 1. The average molecular weight is 579 g/mol. The topological polar surface area (TPSA) is 67.3 Å². The highest BCUT2D eigenvalue weighted by Crippen LogP contribution is 2.42. The van der Waals surface area contributed by atoms with Crippen molar-refractivity contribution in [3.05, 3.63) is 101 Å². The Balaban J connectivity index is 1.50. The van der Waals surface area contributed by atoms with Crippen LogP contribution in [-0.2, 0) is 0 Å². The highest BCUT2D eigenvalue weighted by atomic mass is 16.5. The standard InChI is InChI=1S/C37H46N4O2/c1-24(2)40-37(42)36-35(30-14-8-9-17-33(30)41(36)25(3)31-15-10-22-38-31)34(27-12-6-5-7-13-27)28-18-20-29(21-19-28)43-26(4)32-16-11-23-39-32/h5-9,12-14,17-21,24-26,31-32,34,38-39H,10-11,15-16,22-23H2,1-4H3,(H,40,42). The molecule has 2 saturated heterocycles. The molecular formula is C37H46N4O2. The molecule has 1 aromatic heterocycles. The van der Waals surface area contributed by atoms with Crippen molar-refractivity contribution in [2.75, 3.05) is 13.1 Å². The molecule has 3 heterocycles. The fourth-order valence-corrected chi connectivity index (χ4v) is 7.19. The third-order valence-corrected chi connectivity index (χ3v) is 9.29. The number of nitrogens with one attached hydrogen (secondary N) is 3. The number of rotatable bonds is 10. The molecule has 2 fully saturated rings. The average Bonchev–Trinajstić information content (AvgIpc) is 3.80. The first-order valence-corrected chi connectivity index (χ1v) is 16.1. The van der Waals surface area contributed by atoms with Crippen LogP contribution in [0, 0.1) is 0 Å². The SMILES string of the molecule is CC(C)NC(=O)c1c(C(c2ccccc2)c2ccc(OC(C)C3CCCN3)cc2)c2ccccc2n1C(C)C1CCCN1. The van der Waals surface area contributed by atoms with Crippen molar-refractivity contribution in [3.8, 4) is 5.75 Å². The van der Waals surface area contributed by atoms with E-state index in [4.69, 9.17) is 4.74 Å². The van der Waals surface area contributed by atoms with Crippen molar-refractivity contribution in [1.29, 1.82) is 0 Å². The number of nitrogens with zero attached hydrogens (tertiary/aromatic N) is 1. The number of carbonyl (C=O) groups excluding carboxylic acids is 1. The molecule has 6 rings (SSSR count). The van der Waals surface area contributed by atoms with Gasteiger partial charge in [0.05, 0.1) is 0 Å². The molecule has 226 valence electrons. The van der Waals surface area contributed by atoms with E-state index in [2.05, 4.69) is 113 Å². The van der Waals surface area contributed by atoms with Crippen molar-refractivity contribution in [3.63, 3.8) is 0 Å². The van der Waals surface area contributed by atoms with Crippen molar-refractivity contribution < 1.29 is 9.53 Å². The van der Waals surface area contributed by atoms with Crippen LogP contribution in [0.5, 0.6) is 5.75 Å². The number of aromatic nitrogens is 1. The van der Waals surface area contributed by atoms with Gasteiger partial charge in [0.25, 0.3) is 5.91 Å². The molecule has 0 radical (unpaired) electrons. The van der Waals surface area contributed by atoms with Gasteiger partial charge < -0.3 is 25.3 Å². The summed E-state index contributed by atoms with van der Waals surface area (Å²) in [6, 6.07) is 28.5. The first-order chi connectivity index (χ1) is 20.9. The van der Waals surface area contributed by atoms with Gasteiger partial charge >= 0.3 is 0 Å². The number of amides is 1. The van der Waals surface area contributed by atoms with Crippen molar-refractivity contribution in [1.82, 2.24) is 20.5 Å². The van der Waals surface area contributed by atoms with Gasteiger partial charge in [0.2, 0.25) is 0 Å². The Kier molecular flexibility index (Phi) is 8.87. The van der Waals surface area contributed by atoms with Crippen LogP contribution in [-0.4, -0.2) is 47.8 Å². The first-order valence-electron chi connectivity index (χ1n) is 16.1. The molecule has 2 aliphatic heterocycles. The second-order valence-electron chi connectivity index (χ2n) is 12.7. The molecule has 4 aromatic rings. The summed E-state index contributed by atoms with van der Waals surface area (Å²) in [7, 11) is 0. The molecule has 43 heavy (non-hydrogen) atoms. The molecule has 6 nitrogen and oxygen atoms in total. The van der Waals surface area contributed by atoms with Crippen LogP contribution in [0.15, 0.2) is 78.9 Å². The van der Waals surface area contributed by atoms with E-state index < -0.39 is 0 Å². The molecule has 5 atom stereocenters. The maximum Gasteiger partial charge on any atom is 0.268 e. The minimum Gasteiger partial charge on any atom is -0.489 e. The quantitative estimate of drug-likeness (QED) is 0.194. The van der Waals surface area contributed by atoms with Gasteiger partial charge in [-0.3, -0.25) is 4.79 Å². The van der Waals surface area contributed by atoms with Crippen LogP contribution in [0.2, 0.25) is 0 Å². The Hall–Kier alpha value is -3.61. The molecule has 3 aromatic carbocycles. The third kappa shape index (κ3) is 6.09. The van der Waals surface area contributed by atoms with Gasteiger partial charge in [-0.05, 0) is 95.8 Å². The van der Waals surface area contributed by atoms with Crippen LogP contribution >= 0.6 is 0 Å². The number of ether oxygens (including phenoxy) is 1. The van der Waals surface area contributed by atoms with E-state index in [1.165, 1.54) is 6.42 Å². The van der Waals surface area contributed by atoms with Gasteiger partial charge in [-0.25, -0.2) is 0 Å². The number of hydrogen-bond donors (Lipinski definition) is 3. The summed E-state index contributed by atoms with van der Waals surface area (Å²) in [5, 5.41) is 11.6. The van der Waals surface area contributed by atoms with Crippen molar-refractivity contribution >= 4 is 16.8 Å². The van der Waals surface area contributed by atoms with Gasteiger partial charge in [-0.2, -0.15) is 0 Å². The lowest BCUT2D eigenvalue weighted by atomic mass is 9.83. The Morgan fingerprint density at radius 2 is 1.44 bits per heavy atom. The van der Waals surface area contributed by atoms with E-state index in [0.29, 0.717) is 12.1 Å². The summed E-state index contributed by atoms with van der Waals surface area (Å²) in [5.41, 5.74) is 5.21. The van der Waals surface area contributed by atoms with Crippen molar-refractivity contribution in [2.45, 2.75) is 89.6 Å². The second kappa shape index (κ2) is 12.9. The second-order valence-corrected chi connectivity index (χ2v) is 12.7. The summed E-state index contributed by atoms with van der Waals surface area (Å²) in [6.07, 6.45) is 4.71. The molecule has 5 unspecified atom stereocenters. The molecule has 2 aliphatic rings. The zero-order chi connectivity index (χ0) is 29.9. The molecule has 0 aliphatic carbocycles. The lowest BCUT2D eigenvalue weighted by molar-refractivity contribution is 0.0930. The third-order valence-electron chi connectivity index (χ3n) is 9.29. The minimum atomic E-state index is -0.132. The highest BCUT2D eigenvalue weighted by molar-refractivity contribution is 6.03. The van der Waals surface area contributed by atoms with Gasteiger partial charge in [0.15, 0.2) is 0 Å². The summed E-state index contributed by atoms with van der Waals surface area (Å²) < 4.78 is 8.69. The lowest BCUT2D eigenvalue weighted by Gasteiger charge is -2.26. The van der Waals surface area contributed by atoms with E-state index in [-0.39, 0.29) is 30.0 Å². The van der Waals surface area contributed by atoms with E-state index in [1.54, 1.807) is 0 Å². The number of hydrogen-bond acceptors (Lipinski definition) is 4. The maximum absolute atomic E-state index is 14.3. The number of carbonyl (C=O) groups is 1. The van der Waals surface area contributed by atoms with Crippen molar-refractivity contribution in [2.24, 2.45) is 0 Å². The zero-order valence-corrected chi connectivity index (χ0v) is 26.0. The molecule has 3 N–H and O–H groups in total. The molecule has 0 saturated carbocycles. The summed E-state index contributed by atoms with van der Waals surface area (Å²) in [5.74, 6) is 0.717. The Labute approximate surface area is 256 Å². The Bertz CT molecular complexity index is 1520. The van der Waals surface area contributed by atoms with Gasteiger partial charge in [0.1, 0.15) is 17.5 Å². The monoisotopic (exact) mass is 578 g/mol. The van der Waals surface area contributed by atoms with E-state index >= 15 is 0 Å². The normalized spacial score (nSPS) is 20.8. The number of benzene rings is 3. The summed E-state index contributed by atoms with van der Waals surface area (Å²) >= 11 is 0. The molecule has 0 spiro atoms. The number of para-hydroxylation sites is 1. The molecule has 0 bridgehead atoms. The largest absolute Gasteiger partial charge is 0.489 e. The zero-order valence-electron chi connectivity index (χ0n) is 26.0. The van der Waals surface area contributed by atoms with Crippen LogP contribution in [0.25, 0.3) is 10.9 Å². The van der Waals surface area contributed by atoms with Gasteiger partial charge in [0, 0.05) is 46.6 Å². The predicted octanol–water partition coefficient (Wildman–Crippen LogP) is 6.79. The fourth-order valence-electron chi connectivity index (χ4n) is 7.19. The van der Waals surface area contributed by atoms with Gasteiger partial charge in [-0.1, -0.05) is 60.7 Å². The smallest absolute Gasteiger partial charge is 0.268 e. The van der Waals surface area contributed by atoms with Crippen LogP contribution < -0.4 is 20.7 Å². The highest BCUT2D eigenvalue weighted by Gasteiger charge is 2.34. The van der Waals surface area contributed by atoms with Crippen LogP contribution in [0.1, 0.15) is 92.5 Å². The molecule has 1 amide bonds. The van der Waals surface area contributed by atoms with E-state index in [0.717, 1.165) is 71.4 Å². The Morgan fingerprint density at radius 3 is 2.09 bits per heavy atom. The molecule has 6 heteroatoms. The predicted molar refractivity (Wildman–Crippen MR) is 175 cm³/mol. The Morgan fingerprint density at radius 1 is 0.814 bits per heavy atom. The fraction of sp³-hybridized carbons (Fsp3) is 0.432. The van der Waals surface area contributed by atoms with E-state index in [1.807, 2.05) is 13.8 Å². The maximum atomic E-state index is 14.3. The first kappa shape index (κ1) is 29.5. The summed E-state index contributed by atoms with van der Waals surface area (Å²) in [6.45, 7) is 10.6. The lowest BCUT2D eigenvalue weighted by Crippen LogP contribution is -2.36. The molecular weight excluding hydrogens is 532 g/mol. The van der Waals surface area contributed by atoms with Crippen LogP contribution in [0.3, 0.4) is 0 Å². The van der Waals surface area contributed by atoms with Gasteiger partial charge in [-0.15, -0.1) is 0 Å². The summed E-state index contributed by atoms with van der Waals surface area (Å²) in [4.78, 5) is 14.3. The van der Waals surface area contributed by atoms with Crippen LogP contribution in [0.4, 0.5) is 0 Å². The van der Waals surface area contributed by atoms with E-state index in [9.17, 15) is 4.79 Å².